The van der Waals surface area contributed by atoms with Crippen LogP contribution in [-0.2, 0) is 25.0 Å². The molecule has 0 aromatic rings. The van der Waals surface area contributed by atoms with Crippen LogP contribution in [0.4, 0.5) is 4.79 Å². The maximum absolute atomic E-state index is 12.8. The molecular formula is C16H32N4O6S2. The third-order valence-corrected chi connectivity index (χ3v) is 9.23. The molecular weight excluding hydrogens is 408 g/mol. The Balaban J connectivity index is 1.92. The first-order chi connectivity index (χ1) is 12.7. The van der Waals surface area contributed by atoms with Gasteiger partial charge in [0.05, 0.1) is 0 Å². The molecule has 1 amide bonds. The van der Waals surface area contributed by atoms with Gasteiger partial charge in [0.15, 0.2) is 0 Å². The lowest BCUT2D eigenvalue weighted by atomic mass is 10.2. The topological polar surface area (TPSA) is 108 Å². The van der Waals surface area contributed by atoms with E-state index in [1.165, 1.54) is 24.9 Å². The number of piperazine rings is 1. The molecule has 0 aromatic heterocycles. The van der Waals surface area contributed by atoms with E-state index < -0.39 is 37.2 Å². The van der Waals surface area contributed by atoms with Gasteiger partial charge in [-0.25, -0.2) is 13.2 Å². The standard InChI is InChI=1S/C16H32N4O6S2/c1-13(2)17(6)28(24,25)20-11-14(12-20)27(22,23)19-9-7-18(8-10-19)15(21)26-16(3,4)5/h13-14H,7-12H2,1-6H3. The average Bonchev–Trinajstić information content (AvgIpc) is 2.50. The summed E-state index contributed by atoms with van der Waals surface area (Å²) in [6.07, 6.45) is -0.456. The van der Waals surface area contributed by atoms with Gasteiger partial charge in [-0.05, 0) is 34.6 Å². The molecule has 0 unspecified atom stereocenters. The minimum Gasteiger partial charge on any atom is -0.444 e. The van der Waals surface area contributed by atoms with Crippen LogP contribution in [0.3, 0.4) is 0 Å². The van der Waals surface area contributed by atoms with Gasteiger partial charge in [-0.15, -0.1) is 0 Å². The first-order valence-electron chi connectivity index (χ1n) is 9.36. The lowest BCUT2D eigenvalue weighted by Gasteiger charge is -2.43. The SMILES string of the molecule is CC(C)N(C)S(=O)(=O)N1CC(S(=O)(=O)N2CCN(C(=O)OC(C)(C)C)CC2)C1. The van der Waals surface area contributed by atoms with E-state index in [2.05, 4.69) is 0 Å². The highest BCUT2D eigenvalue weighted by Crippen LogP contribution is 2.26. The molecule has 28 heavy (non-hydrogen) atoms. The second-order valence-electron chi connectivity index (χ2n) is 8.47. The predicted octanol–water partition coefficient (Wildman–Crippen LogP) is 0.138. The Hall–Kier alpha value is -0.950. The van der Waals surface area contributed by atoms with E-state index in [0.29, 0.717) is 0 Å². The summed E-state index contributed by atoms with van der Waals surface area (Å²) in [4.78, 5) is 13.6. The third-order valence-electron chi connectivity index (χ3n) is 4.90. The zero-order chi connectivity index (χ0) is 21.5. The number of rotatable bonds is 5. The van der Waals surface area contributed by atoms with E-state index in [1.807, 2.05) is 0 Å². The Morgan fingerprint density at radius 3 is 1.93 bits per heavy atom. The summed E-state index contributed by atoms with van der Waals surface area (Å²) in [6, 6.07) is -0.207. The number of ether oxygens (including phenoxy) is 1. The number of amides is 1. The van der Waals surface area contributed by atoms with E-state index in [-0.39, 0.29) is 45.3 Å². The Labute approximate surface area is 168 Å². The van der Waals surface area contributed by atoms with Gasteiger partial charge in [-0.1, -0.05) is 0 Å². The van der Waals surface area contributed by atoms with Crippen molar-refractivity contribution in [3.05, 3.63) is 0 Å². The van der Waals surface area contributed by atoms with Gasteiger partial charge in [0.25, 0.3) is 10.2 Å². The summed E-state index contributed by atoms with van der Waals surface area (Å²) >= 11 is 0. The molecule has 0 bridgehead atoms. The van der Waals surface area contributed by atoms with Gasteiger partial charge >= 0.3 is 6.09 Å². The Morgan fingerprint density at radius 2 is 1.50 bits per heavy atom. The van der Waals surface area contributed by atoms with Crippen molar-refractivity contribution in [3.8, 4) is 0 Å². The molecule has 0 saturated carbocycles. The number of carbonyl (C=O) groups excluding carboxylic acids is 1. The Kier molecular flexibility index (Phi) is 6.71. The third kappa shape index (κ3) is 4.96. The molecule has 2 rings (SSSR count). The Morgan fingerprint density at radius 1 is 1.00 bits per heavy atom. The first kappa shape index (κ1) is 23.3. The van der Waals surface area contributed by atoms with E-state index in [4.69, 9.17) is 4.74 Å². The zero-order valence-electron chi connectivity index (χ0n) is 17.5. The smallest absolute Gasteiger partial charge is 0.410 e. The van der Waals surface area contributed by atoms with Gasteiger partial charge in [-0.2, -0.15) is 21.3 Å². The second-order valence-corrected chi connectivity index (χ2v) is 12.7. The molecule has 0 aliphatic carbocycles. The maximum atomic E-state index is 12.8. The fourth-order valence-electron chi connectivity index (χ4n) is 2.89. The minimum absolute atomic E-state index is 0.0476. The molecule has 2 fully saturated rings. The quantitative estimate of drug-likeness (QED) is 0.602. The predicted molar refractivity (Wildman–Crippen MR) is 105 cm³/mol. The van der Waals surface area contributed by atoms with Crippen molar-refractivity contribution in [1.29, 1.82) is 0 Å². The summed E-state index contributed by atoms with van der Waals surface area (Å²) in [5.74, 6) is 0. The van der Waals surface area contributed by atoms with Gasteiger partial charge in [0.1, 0.15) is 10.9 Å². The number of sulfonamides is 1. The first-order valence-corrected chi connectivity index (χ1v) is 12.3. The summed E-state index contributed by atoms with van der Waals surface area (Å²) < 4.78 is 59.5. The Bertz CT molecular complexity index is 776. The molecule has 0 spiro atoms. The van der Waals surface area contributed by atoms with Crippen molar-refractivity contribution in [3.63, 3.8) is 0 Å². The van der Waals surface area contributed by atoms with Crippen LogP contribution in [0.1, 0.15) is 34.6 Å². The molecule has 2 saturated heterocycles. The lowest BCUT2D eigenvalue weighted by molar-refractivity contribution is 0.0191. The molecule has 0 aromatic carbocycles. The largest absolute Gasteiger partial charge is 0.444 e. The normalized spacial score (nSPS) is 21.2. The highest BCUT2D eigenvalue weighted by Gasteiger charge is 2.47. The van der Waals surface area contributed by atoms with Crippen LogP contribution >= 0.6 is 0 Å². The van der Waals surface area contributed by atoms with E-state index >= 15 is 0 Å². The van der Waals surface area contributed by atoms with E-state index in [9.17, 15) is 21.6 Å². The number of carbonyl (C=O) groups is 1. The molecule has 12 heteroatoms. The zero-order valence-corrected chi connectivity index (χ0v) is 19.1. The summed E-state index contributed by atoms with van der Waals surface area (Å²) in [6.45, 7) is 9.61. The van der Waals surface area contributed by atoms with Crippen LogP contribution in [0.2, 0.25) is 0 Å². The molecule has 2 aliphatic heterocycles. The minimum atomic E-state index is -3.65. The van der Waals surface area contributed by atoms with Crippen molar-refractivity contribution in [2.75, 3.05) is 46.3 Å². The van der Waals surface area contributed by atoms with E-state index in [0.717, 1.165) is 0 Å². The van der Waals surface area contributed by atoms with Gasteiger partial charge in [-0.3, -0.25) is 0 Å². The van der Waals surface area contributed by atoms with Crippen molar-refractivity contribution >= 4 is 26.3 Å². The van der Waals surface area contributed by atoms with Crippen molar-refractivity contribution in [2.24, 2.45) is 0 Å². The summed E-state index contributed by atoms with van der Waals surface area (Å²) in [5.41, 5.74) is -0.607. The monoisotopic (exact) mass is 440 g/mol. The van der Waals surface area contributed by atoms with Crippen LogP contribution < -0.4 is 0 Å². The highest BCUT2D eigenvalue weighted by atomic mass is 32.2. The fourth-order valence-corrected chi connectivity index (χ4v) is 6.54. The molecule has 2 heterocycles. The highest BCUT2D eigenvalue weighted by molar-refractivity contribution is 7.90. The van der Waals surface area contributed by atoms with Crippen molar-refractivity contribution < 1.29 is 26.4 Å². The van der Waals surface area contributed by atoms with Crippen LogP contribution in [-0.4, -0.2) is 104 Å². The molecule has 164 valence electrons. The van der Waals surface area contributed by atoms with Crippen LogP contribution in [0.25, 0.3) is 0 Å². The summed E-state index contributed by atoms with van der Waals surface area (Å²) in [7, 11) is -5.78. The van der Waals surface area contributed by atoms with Crippen molar-refractivity contribution in [1.82, 2.24) is 17.8 Å². The number of hydrogen-bond acceptors (Lipinski definition) is 6. The number of hydrogen-bond donors (Lipinski definition) is 0. The molecule has 0 radical (unpaired) electrons. The molecule has 0 atom stereocenters. The summed E-state index contributed by atoms with van der Waals surface area (Å²) in [5, 5.41) is -0.754. The van der Waals surface area contributed by atoms with E-state index in [1.54, 1.807) is 34.6 Å². The average molecular weight is 441 g/mol. The van der Waals surface area contributed by atoms with Crippen LogP contribution in [0.15, 0.2) is 0 Å². The molecule has 10 nitrogen and oxygen atoms in total. The molecule has 0 N–H and O–H groups in total. The second kappa shape index (κ2) is 8.05. The van der Waals surface area contributed by atoms with Crippen molar-refractivity contribution in [2.45, 2.75) is 51.5 Å². The lowest BCUT2D eigenvalue weighted by Crippen LogP contribution is -2.64. The maximum Gasteiger partial charge on any atom is 0.410 e. The fraction of sp³-hybridized carbons (Fsp3) is 0.938. The van der Waals surface area contributed by atoms with Gasteiger partial charge in [0.2, 0.25) is 10.0 Å². The van der Waals surface area contributed by atoms with Gasteiger partial charge < -0.3 is 9.64 Å². The van der Waals surface area contributed by atoms with Gasteiger partial charge in [0, 0.05) is 52.4 Å². The molecule has 2 aliphatic rings. The number of nitrogens with zero attached hydrogens (tertiary/aromatic N) is 4. The van der Waals surface area contributed by atoms with Crippen LogP contribution in [0.5, 0.6) is 0 Å². The van der Waals surface area contributed by atoms with Crippen LogP contribution in [0, 0.1) is 0 Å².